The second-order valence-corrected chi connectivity index (χ2v) is 9.93. The summed E-state index contributed by atoms with van der Waals surface area (Å²) in [5, 5.41) is 1.05. The van der Waals surface area contributed by atoms with Crippen LogP contribution in [-0.2, 0) is 21.8 Å². The summed E-state index contributed by atoms with van der Waals surface area (Å²) in [6.07, 6.45) is 5.04. The monoisotopic (exact) mass is 531 g/mol. The molecule has 0 amide bonds. The topological polar surface area (TPSA) is 78.0 Å². The zero-order chi connectivity index (χ0) is 25.0. The molecule has 2 aliphatic heterocycles. The molecule has 2 atom stereocenters. The number of ether oxygens (including phenoxy) is 3. The van der Waals surface area contributed by atoms with E-state index in [4.69, 9.17) is 43.1 Å². The summed E-state index contributed by atoms with van der Waals surface area (Å²) < 4.78 is 20.7. The van der Waals surface area contributed by atoms with Crippen molar-refractivity contribution in [3.8, 4) is 5.75 Å². The van der Waals surface area contributed by atoms with Gasteiger partial charge in [0, 0.05) is 67.9 Å². The van der Waals surface area contributed by atoms with Crippen LogP contribution in [0, 0.1) is 0 Å². The van der Waals surface area contributed by atoms with Gasteiger partial charge >= 0.3 is 0 Å². The molecule has 192 valence electrons. The Kier molecular flexibility index (Phi) is 8.00. The van der Waals surface area contributed by atoms with E-state index in [1.165, 1.54) is 5.69 Å². The molecule has 2 N–H and O–H groups in total. The number of benzene rings is 2. The highest BCUT2D eigenvalue weighted by atomic mass is 35.5. The summed E-state index contributed by atoms with van der Waals surface area (Å²) in [5.41, 5.74) is 7.61. The van der Waals surface area contributed by atoms with E-state index >= 15 is 0 Å². The largest absolute Gasteiger partial charge is 0.491 e. The first-order valence-corrected chi connectivity index (χ1v) is 12.9. The lowest BCUT2D eigenvalue weighted by Crippen LogP contribution is -2.47. The minimum atomic E-state index is -1.06. The van der Waals surface area contributed by atoms with Gasteiger partial charge < -0.3 is 29.4 Å². The van der Waals surface area contributed by atoms with Crippen LogP contribution in [0.5, 0.6) is 5.75 Å². The molecule has 10 heteroatoms. The Labute approximate surface area is 221 Å². The van der Waals surface area contributed by atoms with E-state index < -0.39 is 5.79 Å². The quantitative estimate of drug-likeness (QED) is 0.451. The van der Waals surface area contributed by atoms with E-state index in [1.807, 2.05) is 29.0 Å². The molecule has 8 nitrogen and oxygen atoms in total. The highest BCUT2D eigenvalue weighted by Crippen LogP contribution is 2.40. The first-order valence-electron chi connectivity index (χ1n) is 12.2. The van der Waals surface area contributed by atoms with Gasteiger partial charge in [-0.15, -0.1) is 0 Å². The van der Waals surface area contributed by atoms with Crippen LogP contribution in [0.15, 0.2) is 61.2 Å². The SMILES string of the molecule is NCCN1CCN(c2ccc(OC[C@@H]3CO[C@@](Cn4ccnc4)(c4ccc(Cl)cc4Cl)O3)cc2)CC1. The minimum Gasteiger partial charge on any atom is -0.491 e. The summed E-state index contributed by atoms with van der Waals surface area (Å²) in [4.78, 5) is 8.93. The molecule has 0 spiro atoms. The molecule has 2 aliphatic rings. The molecular formula is C26H31Cl2N5O3. The second kappa shape index (κ2) is 11.4. The number of imidazole rings is 1. The van der Waals surface area contributed by atoms with E-state index in [-0.39, 0.29) is 6.10 Å². The number of hydrogen-bond donors (Lipinski definition) is 1. The van der Waals surface area contributed by atoms with Crippen molar-refractivity contribution in [2.24, 2.45) is 5.73 Å². The van der Waals surface area contributed by atoms with Crippen LogP contribution in [-0.4, -0.2) is 73.0 Å². The Balaban J connectivity index is 1.21. The maximum atomic E-state index is 6.55. The zero-order valence-corrected chi connectivity index (χ0v) is 21.6. The lowest BCUT2D eigenvalue weighted by Gasteiger charge is -2.36. The third kappa shape index (κ3) is 5.80. The van der Waals surface area contributed by atoms with Gasteiger partial charge in [-0.25, -0.2) is 4.98 Å². The molecular weight excluding hydrogens is 501 g/mol. The molecule has 0 radical (unpaired) electrons. The van der Waals surface area contributed by atoms with Gasteiger partial charge in [0.1, 0.15) is 18.5 Å². The number of nitrogens with two attached hydrogens (primary N) is 1. The number of piperazine rings is 1. The van der Waals surface area contributed by atoms with Crippen molar-refractivity contribution >= 4 is 28.9 Å². The maximum absolute atomic E-state index is 6.55. The molecule has 1 aromatic heterocycles. The van der Waals surface area contributed by atoms with Crippen LogP contribution in [0.2, 0.25) is 10.0 Å². The third-order valence-electron chi connectivity index (χ3n) is 6.61. The Morgan fingerprint density at radius 1 is 1.08 bits per heavy atom. The van der Waals surface area contributed by atoms with Crippen molar-refractivity contribution in [2.45, 2.75) is 18.4 Å². The van der Waals surface area contributed by atoms with Crippen molar-refractivity contribution in [1.29, 1.82) is 0 Å². The first-order chi connectivity index (χ1) is 17.5. The second-order valence-electron chi connectivity index (χ2n) is 9.09. The number of hydrogen-bond acceptors (Lipinski definition) is 7. The lowest BCUT2D eigenvalue weighted by molar-refractivity contribution is -0.189. The predicted molar refractivity (Wildman–Crippen MR) is 141 cm³/mol. The molecule has 0 saturated carbocycles. The standard InChI is InChI=1S/C26H31Cl2N5O3/c27-20-1-6-24(25(28)15-20)26(18-32-10-8-30-19-32)35-17-23(36-26)16-34-22-4-2-21(3-5-22)33-13-11-31(9-7-29)12-14-33/h1-6,8,10,15,19,23H,7,9,11-14,16-18,29H2/t23-,26-/m1/s1. The van der Waals surface area contributed by atoms with Crippen LogP contribution in [0.1, 0.15) is 5.56 Å². The molecule has 3 heterocycles. The van der Waals surface area contributed by atoms with Crippen molar-refractivity contribution < 1.29 is 14.2 Å². The first kappa shape index (κ1) is 25.3. The van der Waals surface area contributed by atoms with Gasteiger partial charge in [-0.1, -0.05) is 29.3 Å². The number of aromatic nitrogens is 2. The van der Waals surface area contributed by atoms with Gasteiger partial charge in [-0.05, 0) is 36.4 Å². The fourth-order valence-electron chi connectivity index (χ4n) is 4.73. The van der Waals surface area contributed by atoms with E-state index in [2.05, 4.69) is 26.9 Å². The fraction of sp³-hybridized carbons (Fsp3) is 0.423. The number of halogens is 2. The highest BCUT2D eigenvalue weighted by molar-refractivity contribution is 6.35. The molecule has 0 unspecified atom stereocenters. The Morgan fingerprint density at radius 3 is 2.58 bits per heavy atom. The molecule has 2 fully saturated rings. The van der Waals surface area contributed by atoms with Crippen molar-refractivity contribution in [3.05, 3.63) is 76.8 Å². The third-order valence-corrected chi connectivity index (χ3v) is 7.15. The molecule has 2 aromatic carbocycles. The van der Waals surface area contributed by atoms with Crippen LogP contribution in [0.25, 0.3) is 0 Å². The number of anilines is 1. The number of rotatable bonds is 9. The van der Waals surface area contributed by atoms with Gasteiger partial charge in [-0.2, -0.15) is 0 Å². The lowest BCUT2D eigenvalue weighted by atomic mass is 10.1. The van der Waals surface area contributed by atoms with E-state index in [1.54, 1.807) is 24.7 Å². The molecule has 0 bridgehead atoms. The van der Waals surface area contributed by atoms with Crippen LogP contribution < -0.4 is 15.4 Å². The average Bonchev–Trinajstić information content (AvgIpc) is 3.54. The molecule has 2 saturated heterocycles. The van der Waals surface area contributed by atoms with Crippen molar-refractivity contribution in [3.63, 3.8) is 0 Å². The van der Waals surface area contributed by atoms with Gasteiger partial charge in [0.05, 0.1) is 24.5 Å². The minimum absolute atomic E-state index is 0.268. The summed E-state index contributed by atoms with van der Waals surface area (Å²) >= 11 is 12.7. The average molecular weight is 532 g/mol. The Bertz CT molecular complexity index is 1120. The van der Waals surface area contributed by atoms with Crippen LogP contribution in [0.3, 0.4) is 0 Å². The van der Waals surface area contributed by atoms with E-state index in [9.17, 15) is 0 Å². The van der Waals surface area contributed by atoms with Gasteiger partial charge in [0.2, 0.25) is 5.79 Å². The molecule has 36 heavy (non-hydrogen) atoms. The molecule has 0 aliphatic carbocycles. The van der Waals surface area contributed by atoms with Crippen molar-refractivity contribution in [2.75, 3.05) is 57.4 Å². The Morgan fingerprint density at radius 2 is 1.89 bits per heavy atom. The van der Waals surface area contributed by atoms with Crippen molar-refractivity contribution in [1.82, 2.24) is 14.5 Å². The van der Waals surface area contributed by atoms with E-state index in [0.29, 0.717) is 36.3 Å². The maximum Gasteiger partial charge on any atom is 0.215 e. The van der Waals surface area contributed by atoms with Gasteiger partial charge in [0.15, 0.2) is 0 Å². The summed E-state index contributed by atoms with van der Waals surface area (Å²) in [5.74, 6) is -0.271. The molecule has 3 aromatic rings. The van der Waals surface area contributed by atoms with Crippen LogP contribution >= 0.6 is 23.2 Å². The van der Waals surface area contributed by atoms with Gasteiger partial charge in [-0.3, -0.25) is 4.90 Å². The smallest absolute Gasteiger partial charge is 0.215 e. The summed E-state index contributed by atoms with van der Waals surface area (Å²) in [6.45, 7) is 6.87. The summed E-state index contributed by atoms with van der Waals surface area (Å²) in [7, 11) is 0. The van der Waals surface area contributed by atoms with Gasteiger partial charge in [0.25, 0.3) is 0 Å². The number of nitrogens with zero attached hydrogens (tertiary/aromatic N) is 4. The highest BCUT2D eigenvalue weighted by Gasteiger charge is 2.45. The normalized spacial score (nSPS) is 22.8. The summed E-state index contributed by atoms with van der Waals surface area (Å²) in [6, 6.07) is 13.6. The fourth-order valence-corrected chi connectivity index (χ4v) is 5.28. The van der Waals surface area contributed by atoms with E-state index in [0.717, 1.165) is 44.0 Å². The predicted octanol–water partition coefficient (Wildman–Crippen LogP) is 3.62. The molecule has 5 rings (SSSR count). The zero-order valence-electron chi connectivity index (χ0n) is 20.1. The Hall–Kier alpha value is -2.33. The van der Waals surface area contributed by atoms with Crippen LogP contribution in [0.4, 0.5) is 5.69 Å².